The third-order valence-corrected chi connectivity index (χ3v) is 6.80. The molecule has 9 heteroatoms. The zero-order valence-corrected chi connectivity index (χ0v) is 22.7. The number of likely N-dealkylation sites (N-methyl/N-ethyl adjacent to an activating group) is 1. The number of hydroxylamine groups is 1. The molecular weight excluding hydrogens is 510 g/mol. The number of rotatable bonds is 12. The fourth-order valence-electron chi connectivity index (χ4n) is 4.79. The van der Waals surface area contributed by atoms with Crippen LogP contribution in [0.1, 0.15) is 60.3 Å². The van der Waals surface area contributed by atoms with E-state index in [4.69, 9.17) is 14.7 Å². The summed E-state index contributed by atoms with van der Waals surface area (Å²) < 4.78 is 12.9. The van der Waals surface area contributed by atoms with Gasteiger partial charge in [0.1, 0.15) is 0 Å². The second-order valence-electron chi connectivity index (χ2n) is 10.1. The maximum Gasteiger partial charge on any atom is 0.243 e. The summed E-state index contributed by atoms with van der Waals surface area (Å²) in [6.45, 7) is 1.49. The van der Waals surface area contributed by atoms with Crippen LogP contribution >= 0.6 is 0 Å². The standard InChI is InChI=1S/C31H37N3O6/c1-34(19-22-7-3-2-4-8-22)20-27-18-28(24-15-13-23(21-35)14-16-24)40-31(39-27)25-9-5-10-26(17-25)32-29(36)11-6-12-30(37)33-38/h2-5,7-10,13-17,27-28,31,35,38H,6,11-12,18-21H2,1H3,(H,32,36)(H,33,37)/t27-,28+,31+/m0/s1. The van der Waals surface area contributed by atoms with E-state index >= 15 is 0 Å². The van der Waals surface area contributed by atoms with Crippen LogP contribution in [-0.4, -0.2) is 46.7 Å². The predicted octanol–water partition coefficient (Wildman–Crippen LogP) is 4.47. The minimum atomic E-state index is -0.642. The molecule has 0 spiro atoms. The van der Waals surface area contributed by atoms with Gasteiger partial charge < -0.3 is 19.9 Å². The molecule has 1 aliphatic heterocycles. The van der Waals surface area contributed by atoms with Crippen LogP contribution in [0.2, 0.25) is 0 Å². The largest absolute Gasteiger partial charge is 0.392 e. The van der Waals surface area contributed by atoms with Crippen LogP contribution in [0.25, 0.3) is 0 Å². The quantitative estimate of drug-likeness (QED) is 0.195. The van der Waals surface area contributed by atoms with E-state index in [1.54, 1.807) is 11.5 Å². The molecule has 3 aromatic carbocycles. The number of carbonyl (C=O) groups is 2. The Morgan fingerprint density at radius 2 is 1.65 bits per heavy atom. The van der Waals surface area contributed by atoms with Crippen LogP contribution in [0.5, 0.6) is 0 Å². The van der Waals surface area contributed by atoms with E-state index in [0.717, 1.165) is 23.2 Å². The molecule has 9 nitrogen and oxygen atoms in total. The summed E-state index contributed by atoms with van der Waals surface area (Å²) in [6, 6.07) is 25.4. The van der Waals surface area contributed by atoms with Gasteiger partial charge in [0.15, 0.2) is 6.29 Å². The highest BCUT2D eigenvalue weighted by molar-refractivity contribution is 5.91. The second kappa shape index (κ2) is 14.7. The van der Waals surface area contributed by atoms with Crippen molar-refractivity contribution in [3.8, 4) is 0 Å². The predicted molar refractivity (Wildman–Crippen MR) is 150 cm³/mol. The first-order valence-electron chi connectivity index (χ1n) is 13.5. The number of hydrogen-bond acceptors (Lipinski definition) is 7. The van der Waals surface area contributed by atoms with E-state index in [9.17, 15) is 14.7 Å². The molecule has 4 rings (SSSR count). The molecule has 0 saturated carbocycles. The van der Waals surface area contributed by atoms with Crippen molar-refractivity contribution in [1.82, 2.24) is 10.4 Å². The molecule has 3 atom stereocenters. The van der Waals surface area contributed by atoms with Gasteiger partial charge >= 0.3 is 0 Å². The monoisotopic (exact) mass is 547 g/mol. The zero-order chi connectivity index (χ0) is 28.3. The van der Waals surface area contributed by atoms with Crippen LogP contribution in [-0.2, 0) is 32.2 Å². The third-order valence-electron chi connectivity index (χ3n) is 6.80. The molecule has 0 radical (unpaired) electrons. The van der Waals surface area contributed by atoms with Gasteiger partial charge in [-0.1, -0.05) is 66.7 Å². The Kier molecular flexibility index (Phi) is 10.8. The Hall–Kier alpha value is -3.60. The fraction of sp³-hybridized carbons (Fsp3) is 0.355. The third kappa shape index (κ3) is 8.70. The lowest BCUT2D eigenvalue weighted by Gasteiger charge is -2.38. The van der Waals surface area contributed by atoms with Gasteiger partial charge in [0.05, 0.1) is 18.8 Å². The smallest absolute Gasteiger partial charge is 0.243 e. The van der Waals surface area contributed by atoms with E-state index < -0.39 is 12.2 Å². The Bertz CT molecular complexity index is 1240. The summed E-state index contributed by atoms with van der Waals surface area (Å²) in [6.07, 6.45) is 0.248. The number of aliphatic hydroxyl groups is 1. The van der Waals surface area contributed by atoms with Crippen LogP contribution in [0.15, 0.2) is 78.9 Å². The molecule has 40 heavy (non-hydrogen) atoms. The molecular formula is C31H37N3O6. The first kappa shape index (κ1) is 29.4. The minimum Gasteiger partial charge on any atom is -0.392 e. The topological polar surface area (TPSA) is 120 Å². The van der Waals surface area contributed by atoms with Crippen molar-refractivity contribution in [2.75, 3.05) is 18.9 Å². The average molecular weight is 548 g/mol. The van der Waals surface area contributed by atoms with Crippen molar-refractivity contribution in [1.29, 1.82) is 0 Å². The molecule has 0 unspecified atom stereocenters. The van der Waals surface area contributed by atoms with Crippen molar-refractivity contribution >= 4 is 17.5 Å². The van der Waals surface area contributed by atoms with E-state index in [1.807, 2.05) is 60.7 Å². The number of carbonyl (C=O) groups excluding carboxylic acids is 2. The van der Waals surface area contributed by atoms with Gasteiger partial charge in [0, 0.05) is 43.6 Å². The fourth-order valence-corrected chi connectivity index (χ4v) is 4.79. The van der Waals surface area contributed by atoms with Crippen molar-refractivity contribution in [2.45, 2.75) is 57.3 Å². The molecule has 1 heterocycles. The van der Waals surface area contributed by atoms with Gasteiger partial charge in [-0.3, -0.25) is 19.7 Å². The molecule has 1 aliphatic rings. The van der Waals surface area contributed by atoms with E-state index in [1.165, 1.54) is 5.56 Å². The number of hydrogen-bond donors (Lipinski definition) is 4. The highest BCUT2D eigenvalue weighted by atomic mass is 16.7. The number of aliphatic hydroxyl groups excluding tert-OH is 1. The summed E-state index contributed by atoms with van der Waals surface area (Å²) in [5, 5.41) is 20.9. The SMILES string of the molecule is CN(Cc1ccccc1)C[C@@H]1C[C@H](c2ccc(CO)cc2)O[C@H](c2cccc(NC(=O)CCCC(=O)NO)c2)O1. The highest BCUT2D eigenvalue weighted by Gasteiger charge is 2.33. The summed E-state index contributed by atoms with van der Waals surface area (Å²) in [7, 11) is 2.08. The Labute approximate surface area is 234 Å². The summed E-state index contributed by atoms with van der Waals surface area (Å²) in [5.74, 6) is -0.749. The van der Waals surface area contributed by atoms with Gasteiger partial charge in [0.25, 0.3) is 0 Å². The number of ether oxygens (including phenoxy) is 2. The molecule has 212 valence electrons. The second-order valence-corrected chi connectivity index (χ2v) is 10.1. The molecule has 0 aliphatic carbocycles. The van der Waals surface area contributed by atoms with Gasteiger partial charge in [-0.25, -0.2) is 5.48 Å². The highest BCUT2D eigenvalue weighted by Crippen LogP contribution is 2.38. The van der Waals surface area contributed by atoms with Crippen molar-refractivity contribution < 1.29 is 29.4 Å². The molecule has 2 amide bonds. The molecule has 1 saturated heterocycles. The van der Waals surface area contributed by atoms with Crippen LogP contribution < -0.4 is 10.8 Å². The average Bonchev–Trinajstić information content (AvgIpc) is 2.97. The van der Waals surface area contributed by atoms with E-state index in [2.05, 4.69) is 29.4 Å². The number of nitrogens with zero attached hydrogens (tertiary/aromatic N) is 1. The molecule has 0 aromatic heterocycles. The maximum absolute atomic E-state index is 12.4. The molecule has 3 aromatic rings. The van der Waals surface area contributed by atoms with Crippen molar-refractivity contribution in [2.24, 2.45) is 0 Å². The Morgan fingerprint density at radius 1 is 0.900 bits per heavy atom. The number of amides is 2. The first-order chi connectivity index (χ1) is 19.4. The molecule has 0 bridgehead atoms. The van der Waals surface area contributed by atoms with Gasteiger partial charge in [-0.05, 0) is 42.3 Å². The number of nitrogens with one attached hydrogen (secondary N) is 2. The summed E-state index contributed by atoms with van der Waals surface area (Å²) in [4.78, 5) is 25.8. The Balaban J connectivity index is 1.46. The number of anilines is 1. The molecule has 1 fully saturated rings. The number of benzene rings is 3. The lowest BCUT2D eigenvalue weighted by molar-refractivity contribution is -0.252. The molecule has 4 N–H and O–H groups in total. The lowest BCUT2D eigenvalue weighted by Crippen LogP contribution is -2.37. The van der Waals surface area contributed by atoms with E-state index in [0.29, 0.717) is 25.1 Å². The van der Waals surface area contributed by atoms with Crippen LogP contribution in [0.3, 0.4) is 0 Å². The van der Waals surface area contributed by atoms with Gasteiger partial charge in [-0.2, -0.15) is 0 Å². The minimum absolute atomic E-state index is 0.0163. The van der Waals surface area contributed by atoms with E-state index in [-0.39, 0.29) is 37.6 Å². The first-order valence-corrected chi connectivity index (χ1v) is 13.5. The zero-order valence-electron chi connectivity index (χ0n) is 22.7. The van der Waals surface area contributed by atoms with Crippen LogP contribution in [0, 0.1) is 0 Å². The maximum atomic E-state index is 12.4. The van der Waals surface area contributed by atoms with Gasteiger partial charge in [0.2, 0.25) is 11.8 Å². The summed E-state index contributed by atoms with van der Waals surface area (Å²) in [5.41, 5.74) is 6.03. The normalized spacial score (nSPS) is 18.9. The van der Waals surface area contributed by atoms with Crippen molar-refractivity contribution in [3.63, 3.8) is 0 Å². The van der Waals surface area contributed by atoms with Crippen LogP contribution in [0.4, 0.5) is 5.69 Å². The van der Waals surface area contributed by atoms with Gasteiger partial charge in [-0.15, -0.1) is 0 Å². The summed E-state index contributed by atoms with van der Waals surface area (Å²) >= 11 is 0. The van der Waals surface area contributed by atoms with Crippen molar-refractivity contribution in [3.05, 3.63) is 101 Å². The Morgan fingerprint density at radius 3 is 2.38 bits per heavy atom. The lowest BCUT2D eigenvalue weighted by atomic mass is 9.99.